The van der Waals surface area contributed by atoms with Gasteiger partial charge >= 0.3 is 0 Å². The van der Waals surface area contributed by atoms with Gasteiger partial charge in [-0.2, -0.15) is 0 Å². The zero-order chi connectivity index (χ0) is 16.5. The van der Waals surface area contributed by atoms with E-state index in [4.69, 9.17) is 16.3 Å². The minimum atomic E-state index is 0.231. The SMILES string of the molecule is Cc1nc(COC2CCN(c3ccnc4ccc(Cl)cc34)C2)cs1. The molecule has 0 saturated carbocycles. The molecule has 1 aliphatic rings. The Morgan fingerprint density at radius 3 is 3.12 bits per heavy atom. The number of nitrogens with zero attached hydrogens (tertiary/aromatic N) is 3. The number of thiazole rings is 1. The highest BCUT2D eigenvalue weighted by atomic mass is 35.5. The van der Waals surface area contributed by atoms with Crippen LogP contribution in [0.1, 0.15) is 17.1 Å². The predicted molar refractivity (Wildman–Crippen MR) is 99.0 cm³/mol. The lowest BCUT2D eigenvalue weighted by atomic mass is 10.2. The number of aryl methyl sites for hydroxylation is 1. The largest absolute Gasteiger partial charge is 0.370 e. The molecule has 2 aromatic heterocycles. The highest BCUT2D eigenvalue weighted by molar-refractivity contribution is 7.09. The Hall–Kier alpha value is -1.69. The van der Waals surface area contributed by atoms with E-state index in [0.717, 1.165) is 46.1 Å². The van der Waals surface area contributed by atoms with Crippen molar-refractivity contribution in [3.05, 3.63) is 51.6 Å². The molecular weight excluding hydrogens is 342 g/mol. The summed E-state index contributed by atoms with van der Waals surface area (Å²) in [6.45, 7) is 4.47. The molecule has 1 fully saturated rings. The van der Waals surface area contributed by atoms with Gasteiger partial charge < -0.3 is 9.64 Å². The number of halogens is 1. The van der Waals surface area contributed by atoms with E-state index in [0.29, 0.717) is 6.61 Å². The van der Waals surface area contributed by atoms with Gasteiger partial charge in [0.25, 0.3) is 0 Å². The van der Waals surface area contributed by atoms with Gasteiger partial charge in [0.15, 0.2) is 0 Å². The first-order valence-electron chi connectivity index (χ1n) is 8.01. The van der Waals surface area contributed by atoms with Crippen LogP contribution in [0.15, 0.2) is 35.8 Å². The normalized spacial score (nSPS) is 17.8. The average Bonchev–Trinajstić information content (AvgIpc) is 3.21. The molecule has 0 radical (unpaired) electrons. The number of rotatable bonds is 4. The van der Waals surface area contributed by atoms with Crippen molar-refractivity contribution in [3.8, 4) is 0 Å². The van der Waals surface area contributed by atoms with Gasteiger partial charge in [0.05, 0.1) is 28.9 Å². The van der Waals surface area contributed by atoms with Gasteiger partial charge in [-0.1, -0.05) is 11.6 Å². The van der Waals surface area contributed by atoms with Crippen molar-refractivity contribution in [3.63, 3.8) is 0 Å². The molecular formula is C18H18ClN3OS. The van der Waals surface area contributed by atoms with Crippen LogP contribution in [0.25, 0.3) is 10.9 Å². The topological polar surface area (TPSA) is 38.2 Å². The van der Waals surface area contributed by atoms with Crippen molar-refractivity contribution >= 4 is 39.5 Å². The third-order valence-electron chi connectivity index (χ3n) is 4.30. The van der Waals surface area contributed by atoms with Gasteiger partial charge in [0, 0.05) is 40.8 Å². The van der Waals surface area contributed by atoms with Crippen LogP contribution in [0.4, 0.5) is 5.69 Å². The molecule has 0 spiro atoms. The van der Waals surface area contributed by atoms with Crippen LogP contribution in [-0.2, 0) is 11.3 Å². The number of hydrogen-bond donors (Lipinski definition) is 0. The van der Waals surface area contributed by atoms with E-state index >= 15 is 0 Å². The number of fused-ring (bicyclic) bond motifs is 1. The van der Waals surface area contributed by atoms with Crippen LogP contribution in [0.3, 0.4) is 0 Å². The summed E-state index contributed by atoms with van der Waals surface area (Å²) in [7, 11) is 0. The smallest absolute Gasteiger partial charge is 0.0901 e. The molecule has 1 aromatic carbocycles. The van der Waals surface area contributed by atoms with Crippen molar-refractivity contribution in [1.82, 2.24) is 9.97 Å². The standard InChI is InChI=1S/C18H18ClN3OS/c1-12-21-14(11-24-12)10-23-15-5-7-22(9-15)18-4-6-20-17-3-2-13(19)8-16(17)18/h2-4,6,8,11,15H,5,7,9-10H2,1H3. The number of aromatic nitrogens is 2. The first kappa shape index (κ1) is 15.8. The number of pyridine rings is 1. The maximum atomic E-state index is 6.17. The third kappa shape index (κ3) is 3.24. The minimum Gasteiger partial charge on any atom is -0.370 e. The van der Waals surface area contributed by atoms with E-state index in [1.54, 1.807) is 11.3 Å². The molecule has 1 atom stereocenters. The molecule has 3 heterocycles. The molecule has 0 amide bonds. The summed E-state index contributed by atoms with van der Waals surface area (Å²) in [5.74, 6) is 0. The summed E-state index contributed by atoms with van der Waals surface area (Å²) in [4.78, 5) is 11.2. The highest BCUT2D eigenvalue weighted by Crippen LogP contribution is 2.30. The summed E-state index contributed by atoms with van der Waals surface area (Å²) in [6.07, 6.45) is 3.11. The highest BCUT2D eigenvalue weighted by Gasteiger charge is 2.24. The van der Waals surface area contributed by atoms with Crippen LogP contribution in [-0.4, -0.2) is 29.2 Å². The number of hydrogen-bond acceptors (Lipinski definition) is 5. The lowest BCUT2D eigenvalue weighted by Crippen LogP contribution is -2.23. The molecule has 1 unspecified atom stereocenters. The van der Waals surface area contributed by atoms with Crippen LogP contribution in [0, 0.1) is 6.92 Å². The Bertz CT molecular complexity index is 866. The van der Waals surface area contributed by atoms with Crippen molar-refractivity contribution in [2.75, 3.05) is 18.0 Å². The summed E-state index contributed by atoms with van der Waals surface area (Å²) >= 11 is 7.83. The quantitative estimate of drug-likeness (QED) is 0.689. The van der Waals surface area contributed by atoms with Crippen molar-refractivity contribution < 1.29 is 4.74 Å². The van der Waals surface area contributed by atoms with Crippen molar-refractivity contribution in [2.24, 2.45) is 0 Å². The van der Waals surface area contributed by atoms with Gasteiger partial charge in [-0.3, -0.25) is 4.98 Å². The van der Waals surface area contributed by atoms with Crippen LogP contribution >= 0.6 is 22.9 Å². The summed E-state index contributed by atoms with van der Waals surface area (Å²) in [5.41, 5.74) is 3.18. The maximum absolute atomic E-state index is 6.17. The first-order valence-corrected chi connectivity index (χ1v) is 9.26. The van der Waals surface area contributed by atoms with Gasteiger partial charge in [-0.15, -0.1) is 11.3 Å². The first-order chi connectivity index (χ1) is 11.7. The summed E-state index contributed by atoms with van der Waals surface area (Å²) in [5, 5.41) is 4.99. The van der Waals surface area contributed by atoms with Crippen molar-refractivity contribution in [2.45, 2.75) is 26.1 Å². The molecule has 1 saturated heterocycles. The molecule has 0 bridgehead atoms. The third-order valence-corrected chi connectivity index (χ3v) is 5.36. The van der Waals surface area contributed by atoms with Crippen LogP contribution < -0.4 is 4.90 Å². The van der Waals surface area contributed by atoms with E-state index in [-0.39, 0.29) is 6.10 Å². The monoisotopic (exact) mass is 359 g/mol. The van der Waals surface area contributed by atoms with Crippen LogP contribution in [0.2, 0.25) is 5.02 Å². The van der Waals surface area contributed by atoms with E-state index in [1.165, 1.54) is 5.69 Å². The lowest BCUT2D eigenvalue weighted by Gasteiger charge is -2.20. The zero-order valence-corrected chi connectivity index (χ0v) is 15.0. The molecule has 0 N–H and O–H groups in total. The van der Waals surface area contributed by atoms with Gasteiger partial charge in [0.2, 0.25) is 0 Å². The Morgan fingerprint density at radius 1 is 1.38 bits per heavy atom. The molecule has 24 heavy (non-hydrogen) atoms. The summed E-state index contributed by atoms with van der Waals surface area (Å²) in [6, 6.07) is 7.90. The molecule has 124 valence electrons. The van der Waals surface area contributed by atoms with Gasteiger partial charge in [0.1, 0.15) is 0 Å². The second-order valence-corrected chi connectivity index (χ2v) is 7.52. The molecule has 0 aliphatic carbocycles. The Balaban J connectivity index is 1.47. The van der Waals surface area contributed by atoms with E-state index in [1.807, 2.05) is 31.3 Å². The Kier molecular flexibility index (Phi) is 4.39. The molecule has 3 aromatic rings. The lowest BCUT2D eigenvalue weighted by molar-refractivity contribution is 0.0536. The van der Waals surface area contributed by atoms with Gasteiger partial charge in [-0.05, 0) is 37.6 Å². The molecule has 4 rings (SSSR count). The molecule has 4 nitrogen and oxygen atoms in total. The second kappa shape index (κ2) is 6.67. The molecule has 6 heteroatoms. The predicted octanol–water partition coefficient (Wildman–Crippen LogP) is 4.45. The average molecular weight is 360 g/mol. The Morgan fingerprint density at radius 2 is 2.29 bits per heavy atom. The minimum absolute atomic E-state index is 0.231. The number of anilines is 1. The zero-order valence-electron chi connectivity index (χ0n) is 13.4. The van der Waals surface area contributed by atoms with E-state index in [9.17, 15) is 0 Å². The molecule has 1 aliphatic heterocycles. The van der Waals surface area contributed by atoms with Gasteiger partial charge in [-0.25, -0.2) is 4.98 Å². The fourth-order valence-corrected chi connectivity index (χ4v) is 3.91. The summed E-state index contributed by atoms with van der Waals surface area (Å²) < 4.78 is 6.05. The Labute approximate surface area is 150 Å². The maximum Gasteiger partial charge on any atom is 0.0901 e. The number of ether oxygens (including phenoxy) is 1. The fourth-order valence-electron chi connectivity index (χ4n) is 3.14. The van der Waals surface area contributed by atoms with E-state index < -0.39 is 0 Å². The fraction of sp³-hybridized carbons (Fsp3) is 0.333. The number of benzene rings is 1. The van der Waals surface area contributed by atoms with Crippen molar-refractivity contribution in [1.29, 1.82) is 0 Å². The van der Waals surface area contributed by atoms with E-state index in [2.05, 4.69) is 26.3 Å². The van der Waals surface area contributed by atoms with Crippen LogP contribution in [0.5, 0.6) is 0 Å². The second-order valence-electron chi connectivity index (χ2n) is 6.02.